The number of alkyl halides is 3. The summed E-state index contributed by atoms with van der Waals surface area (Å²) >= 11 is 0. The number of benzene rings is 2. The van der Waals surface area contributed by atoms with Gasteiger partial charge < -0.3 is 20.4 Å². The van der Waals surface area contributed by atoms with Crippen LogP contribution in [0.3, 0.4) is 0 Å². The van der Waals surface area contributed by atoms with Crippen molar-refractivity contribution in [3.63, 3.8) is 0 Å². The second-order valence-electron chi connectivity index (χ2n) is 6.28. The number of halogens is 3. The van der Waals surface area contributed by atoms with Crippen molar-refractivity contribution in [1.82, 2.24) is 0 Å². The van der Waals surface area contributed by atoms with Gasteiger partial charge in [0, 0.05) is 18.7 Å². The topological polar surface area (TPSA) is 107 Å². The molecule has 3 N–H and O–H groups in total. The average Bonchev–Trinajstić information content (AvgIpc) is 2.69. The maximum atomic E-state index is 12.6. The van der Waals surface area contributed by atoms with Crippen LogP contribution in [0.1, 0.15) is 40.1 Å². The average molecular weight is 440 g/mol. The van der Waals surface area contributed by atoms with Crippen molar-refractivity contribution < 1.29 is 37.8 Å². The lowest BCUT2D eigenvalue weighted by Crippen LogP contribution is -2.24. The molecule has 0 aliphatic carbocycles. The zero-order valence-corrected chi connectivity index (χ0v) is 17.2. The van der Waals surface area contributed by atoms with Crippen molar-refractivity contribution in [2.45, 2.75) is 26.9 Å². The Morgan fingerprint density at radius 3 is 2.00 bits per heavy atom. The lowest BCUT2D eigenvalue weighted by molar-refractivity contribution is -0.192. The van der Waals surface area contributed by atoms with E-state index in [9.17, 15) is 27.9 Å². The number of hydrogen-bond acceptors (Lipinski definition) is 4. The number of hydrogen-bond donors (Lipinski definition) is 3. The summed E-state index contributed by atoms with van der Waals surface area (Å²) in [6.45, 7) is 7.42. The lowest BCUT2D eigenvalue weighted by atomic mass is 10.1. The molecule has 31 heavy (non-hydrogen) atoms. The molecule has 0 saturated carbocycles. The van der Waals surface area contributed by atoms with Crippen molar-refractivity contribution in [3.05, 3.63) is 59.2 Å². The summed E-state index contributed by atoms with van der Waals surface area (Å²) in [5.41, 5.74) is 2.90. The number of aliphatic carboxylic acids is 1. The van der Waals surface area contributed by atoms with Gasteiger partial charge in [-0.2, -0.15) is 13.2 Å². The van der Waals surface area contributed by atoms with Gasteiger partial charge in [-0.25, -0.2) is 9.59 Å². The molecule has 7 nitrogen and oxygen atoms in total. The molecule has 0 aliphatic rings. The first-order chi connectivity index (χ1) is 14.4. The van der Waals surface area contributed by atoms with Gasteiger partial charge in [0.25, 0.3) is 5.91 Å². The Hall–Kier alpha value is -3.56. The number of amides is 1. The maximum Gasteiger partial charge on any atom is 0.490 e. The fourth-order valence-electron chi connectivity index (χ4n) is 2.63. The minimum absolute atomic E-state index is 0.144. The second-order valence-corrected chi connectivity index (χ2v) is 6.28. The quantitative estimate of drug-likeness (QED) is 0.614. The normalized spacial score (nSPS) is 10.5. The Labute approximate surface area is 177 Å². The monoisotopic (exact) mass is 440 g/mol. The van der Waals surface area contributed by atoms with E-state index in [1.165, 1.54) is 6.07 Å². The number of carboxylic acids is 2. The molecule has 0 unspecified atom stereocenters. The maximum absolute atomic E-state index is 12.6. The molecule has 0 aliphatic heterocycles. The third kappa shape index (κ3) is 7.32. The highest BCUT2D eigenvalue weighted by atomic mass is 19.4. The summed E-state index contributed by atoms with van der Waals surface area (Å²) in [6.07, 6.45) is -5.08. The Balaban J connectivity index is 0.000000592. The number of aromatic carboxylic acids is 1. The van der Waals surface area contributed by atoms with E-state index in [2.05, 4.69) is 10.2 Å². The summed E-state index contributed by atoms with van der Waals surface area (Å²) in [5.74, 6) is -4.02. The van der Waals surface area contributed by atoms with E-state index in [1.807, 2.05) is 32.9 Å². The largest absolute Gasteiger partial charge is 0.490 e. The molecule has 168 valence electrons. The van der Waals surface area contributed by atoms with E-state index in [4.69, 9.17) is 9.90 Å². The summed E-state index contributed by atoms with van der Waals surface area (Å²) in [6, 6.07) is 12.1. The van der Waals surface area contributed by atoms with Gasteiger partial charge in [-0.3, -0.25) is 4.79 Å². The van der Waals surface area contributed by atoms with Gasteiger partial charge >= 0.3 is 18.1 Å². The molecule has 0 saturated heterocycles. The summed E-state index contributed by atoms with van der Waals surface area (Å²) in [5, 5.41) is 19.2. The standard InChI is InChI=1S/C19H22N2O3.C2HF3O2/c1-4-21(5-2)17-11-10-14(19(23)24)12-16(17)20-18(22)15-9-7-6-8-13(15)3;3-2(4,5)1(6)7/h6-12H,4-5H2,1-3H3,(H,20,22)(H,23,24);(H,6,7). The van der Waals surface area contributed by atoms with Gasteiger partial charge in [-0.05, 0) is 50.6 Å². The van der Waals surface area contributed by atoms with E-state index < -0.39 is 18.1 Å². The highest BCUT2D eigenvalue weighted by Gasteiger charge is 2.38. The highest BCUT2D eigenvalue weighted by Crippen LogP contribution is 2.28. The van der Waals surface area contributed by atoms with E-state index in [0.29, 0.717) is 11.3 Å². The Bertz CT molecular complexity index is 941. The molecule has 2 rings (SSSR count). The van der Waals surface area contributed by atoms with Gasteiger partial charge in [-0.1, -0.05) is 18.2 Å². The van der Waals surface area contributed by atoms with Gasteiger partial charge in [0.05, 0.1) is 16.9 Å². The van der Waals surface area contributed by atoms with Crippen LogP contribution in [-0.2, 0) is 4.79 Å². The Morgan fingerprint density at radius 2 is 1.55 bits per heavy atom. The zero-order valence-electron chi connectivity index (χ0n) is 17.2. The van der Waals surface area contributed by atoms with E-state index >= 15 is 0 Å². The van der Waals surface area contributed by atoms with Crippen molar-refractivity contribution >= 4 is 29.2 Å². The van der Waals surface area contributed by atoms with Crippen molar-refractivity contribution in [1.29, 1.82) is 0 Å². The summed E-state index contributed by atoms with van der Waals surface area (Å²) < 4.78 is 31.7. The number of carbonyl (C=O) groups excluding carboxylic acids is 1. The number of aryl methyl sites for hydroxylation is 1. The van der Waals surface area contributed by atoms with Crippen LogP contribution in [0.25, 0.3) is 0 Å². The van der Waals surface area contributed by atoms with Crippen LogP contribution in [0.2, 0.25) is 0 Å². The number of carboxylic acid groups (broad SMARTS) is 2. The van der Waals surface area contributed by atoms with Crippen LogP contribution in [-0.4, -0.2) is 47.3 Å². The molecule has 0 radical (unpaired) electrons. The molecule has 10 heteroatoms. The lowest BCUT2D eigenvalue weighted by Gasteiger charge is -2.24. The minimum atomic E-state index is -5.08. The fourth-order valence-corrected chi connectivity index (χ4v) is 2.63. The van der Waals surface area contributed by atoms with Crippen LogP contribution in [0.15, 0.2) is 42.5 Å². The molecular weight excluding hydrogens is 417 g/mol. The summed E-state index contributed by atoms with van der Waals surface area (Å²) in [4.78, 5) is 34.8. The Kier molecular flexibility index (Phi) is 9.04. The fraction of sp³-hybridized carbons (Fsp3) is 0.286. The van der Waals surface area contributed by atoms with Gasteiger partial charge in [-0.15, -0.1) is 0 Å². The molecule has 0 spiro atoms. The number of carbonyl (C=O) groups is 3. The molecule has 0 aromatic heterocycles. The van der Waals surface area contributed by atoms with Crippen LogP contribution < -0.4 is 10.2 Å². The van der Waals surface area contributed by atoms with Gasteiger partial charge in [0.2, 0.25) is 0 Å². The third-order valence-corrected chi connectivity index (χ3v) is 4.23. The number of nitrogens with one attached hydrogen (secondary N) is 1. The van der Waals surface area contributed by atoms with Crippen LogP contribution in [0.5, 0.6) is 0 Å². The van der Waals surface area contributed by atoms with Crippen molar-refractivity contribution in [2.75, 3.05) is 23.3 Å². The van der Waals surface area contributed by atoms with Crippen LogP contribution in [0.4, 0.5) is 24.5 Å². The molecule has 1 amide bonds. The Morgan fingerprint density at radius 1 is 1.00 bits per heavy atom. The number of nitrogens with zero attached hydrogens (tertiary/aromatic N) is 1. The first kappa shape index (κ1) is 25.5. The second kappa shape index (κ2) is 11.0. The van der Waals surface area contributed by atoms with E-state index in [0.717, 1.165) is 24.3 Å². The number of rotatable bonds is 6. The van der Waals surface area contributed by atoms with E-state index in [-0.39, 0.29) is 11.5 Å². The predicted octanol–water partition coefficient (Wildman–Crippen LogP) is 4.43. The highest BCUT2D eigenvalue weighted by molar-refractivity contribution is 6.07. The molecular formula is C21H23F3N2O5. The molecule has 0 heterocycles. The first-order valence-corrected chi connectivity index (χ1v) is 9.21. The minimum Gasteiger partial charge on any atom is -0.478 e. The van der Waals surface area contributed by atoms with Gasteiger partial charge in [0.1, 0.15) is 0 Å². The van der Waals surface area contributed by atoms with Crippen molar-refractivity contribution in [3.8, 4) is 0 Å². The van der Waals surface area contributed by atoms with Gasteiger partial charge in [0.15, 0.2) is 0 Å². The van der Waals surface area contributed by atoms with Crippen LogP contribution >= 0.6 is 0 Å². The first-order valence-electron chi connectivity index (χ1n) is 9.21. The molecule has 2 aromatic carbocycles. The molecule has 0 bridgehead atoms. The predicted molar refractivity (Wildman–Crippen MR) is 110 cm³/mol. The molecule has 2 aromatic rings. The summed E-state index contributed by atoms with van der Waals surface area (Å²) in [7, 11) is 0. The van der Waals surface area contributed by atoms with E-state index in [1.54, 1.807) is 24.3 Å². The third-order valence-electron chi connectivity index (χ3n) is 4.23. The molecule has 0 atom stereocenters. The van der Waals surface area contributed by atoms with Crippen molar-refractivity contribution in [2.24, 2.45) is 0 Å². The smallest absolute Gasteiger partial charge is 0.478 e. The van der Waals surface area contributed by atoms with Crippen LogP contribution in [0, 0.1) is 6.92 Å². The number of anilines is 2. The SMILES string of the molecule is CCN(CC)c1ccc(C(=O)O)cc1NC(=O)c1ccccc1C.O=C(O)C(F)(F)F. The molecule has 0 fully saturated rings. The zero-order chi connectivity index (χ0) is 23.8.